The first-order chi connectivity index (χ1) is 19.7. The van der Waals surface area contributed by atoms with Crippen LogP contribution in [0, 0.1) is 11.8 Å². The SMILES string of the molecule is COc1cccc(OC)c1-c1cn(COCC[Si](C)(C)C)c2nc(NC(=O)[C@@H]3C[C@H]3CN3CCN(C)CC3)ccc12. The highest BCUT2D eigenvalue weighted by Crippen LogP contribution is 2.43. The standard InChI is InChI=1S/C31H45N5O4Si/c1-34-12-14-35(15-13-34)19-22-18-24(22)31(37)33-28-11-10-23-25(29-26(38-2)8-7-9-27(29)39-3)20-36(30(23)32-28)21-40-16-17-41(4,5)6/h7-11,20,22,24H,12-19,21H2,1-6H3,(H,32,33,37)/t22-,24+/m0/s1. The summed E-state index contributed by atoms with van der Waals surface area (Å²) in [6.45, 7) is 13.5. The number of rotatable bonds is 12. The number of pyridine rings is 1. The zero-order valence-electron chi connectivity index (χ0n) is 25.4. The van der Waals surface area contributed by atoms with Gasteiger partial charge in [0, 0.05) is 70.5 Å². The van der Waals surface area contributed by atoms with Crippen LogP contribution < -0.4 is 14.8 Å². The lowest BCUT2D eigenvalue weighted by atomic mass is 10.0. The van der Waals surface area contributed by atoms with Crippen LogP contribution in [0.5, 0.6) is 11.5 Å². The molecular formula is C31H45N5O4Si. The number of ether oxygens (including phenoxy) is 3. The number of nitrogens with zero attached hydrogens (tertiary/aromatic N) is 4. The molecule has 2 fully saturated rings. The number of nitrogens with one attached hydrogen (secondary N) is 1. The van der Waals surface area contributed by atoms with Gasteiger partial charge in [-0.05, 0) is 49.7 Å². The molecule has 9 nitrogen and oxygen atoms in total. The molecule has 1 aromatic carbocycles. The zero-order chi connectivity index (χ0) is 29.1. The molecule has 1 aliphatic carbocycles. The Morgan fingerprint density at radius 2 is 1.76 bits per heavy atom. The first-order valence-electron chi connectivity index (χ1n) is 14.7. The summed E-state index contributed by atoms with van der Waals surface area (Å²) in [5.41, 5.74) is 2.57. The summed E-state index contributed by atoms with van der Waals surface area (Å²) in [5, 5.41) is 4.05. The van der Waals surface area contributed by atoms with Gasteiger partial charge in [0.05, 0.1) is 19.8 Å². The fourth-order valence-corrected chi connectivity index (χ4v) is 6.30. The normalized spacial score (nSPS) is 19.9. The van der Waals surface area contributed by atoms with E-state index in [9.17, 15) is 4.79 Å². The van der Waals surface area contributed by atoms with Crippen molar-refractivity contribution in [1.82, 2.24) is 19.4 Å². The summed E-state index contributed by atoms with van der Waals surface area (Å²) in [7, 11) is 4.28. The number of hydrogen-bond donors (Lipinski definition) is 1. The molecule has 222 valence electrons. The van der Waals surface area contributed by atoms with Gasteiger partial charge in [0.1, 0.15) is 29.7 Å². The van der Waals surface area contributed by atoms with Gasteiger partial charge in [-0.15, -0.1) is 0 Å². The predicted octanol–water partition coefficient (Wildman–Crippen LogP) is 4.85. The highest BCUT2D eigenvalue weighted by molar-refractivity contribution is 6.76. The topological polar surface area (TPSA) is 81.1 Å². The number of fused-ring (bicyclic) bond motifs is 1. The monoisotopic (exact) mass is 579 g/mol. The van der Waals surface area contributed by atoms with Crippen LogP contribution in [-0.2, 0) is 16.3 Å². The zero-order valence-corrected chi connectivity index (χ0v) is 26.4. The number of likely N-dealkylation sites (N-methyl/N-ethyl adjacent to an activating group) is 1. The Balaban J connectivity index is 1.36. The Hall–Kier alpha value is -2.92. The van der Waals surface area contributed by atoms with E-state index >= 15 is 0 Å². The van der Waals surface area contributed by atoms with Crippen molar-refractivity contribution >= 4 is 30.8 Å². The molecule has 1 amide bonds. The lowest BCUT2D eigenvalue weighted by Gasteiger charge is -2.32. The number of anilines is 1. The Kier molecular flexibility index (Phi) is 9.03. The Morgan fingerprint density at radius 3 is 2.41 bits per heavy atom. The maximum Gasteiger partial charge on any atom is 0.228 e. The van der Waals surface area contributed by atoms with Crippen LogP contribution in [0.2, 0.25) is 25.7 Å². The molecule has 41 heavy (non-hydrogen) atoms. The van der Waals surface area contributed by atoms with Crippen LogP contribution in [0.4, 0.5) is 5.82 Å². The number of carbonyl (C=O) groups excluding carboxylic acids is 1. The van der Waals surface area contributed by atoms with Gasteiger partial charge in [-0.3, -0.25) is 4.79 Å². The molecule has 0 bridgehead atoms. The van der Waals surface area contributed by atoms with E-state index in [0.29, 0.717) is 25.1 Å². The average molecular weight is 580 g/mol. The molecular weight excluding hydrogens is 534 g/mol. The highest BCUT2D eigenvalue weighted by atomic mass is 28.3. The summed E-state index contributed by atoms with van der Waals surface area (Å²) < 4.78 is 19.6. The van der Waals surface area contributed by atoms with Crippen LogP contribution >= 0.6 is 0 Å². The molecule has 1 N–H and O–H groups in total. The van der Waals surface area contributed by atoms with Gasteiger partial charge in [0.15, 0.2) is 0 Å². The fourth-order valence-electron chi connectivity index (χ4n) is 5.54. The smallest absolute Gasteiger partial charge is 0.228 e. The minimum Gasteiger partial charge on any atom is -0.496 e. The maximum atomic E-state index is 13.2. The third-order valence-electron chi connectivity index (χ3n) is 8.25. The first kappa shape index (κ1) is 29.6. The van der Waals surface area contributed by atoms with Crippen LogP contribution in [0.3, 0.4) is 0 Å². The van der Waals surface area contributed by atoms with Crippen molar-refractivity contribution in [2.24, 2.45) is 11.8 Å². The Bertz CT molecular complexity index is 1340. The largest absolute Gasteiger partial charge is 0.496 e. The number of carbonyl (C=O) groups is 1. The molecule has 3 heterocycles. The second-order valence-electron chi connectivity index (χ2n) is 12.7. The van der Waals surface area contributed by atoms with E-state index in [0.717, 1.165) is 78.8 Å². The average Bonchev–Trinajstić information content (AvgIpc) is 3.63. The Morgan fingerprint density at radius 1 is 1.05 bits per heavy atom. The highest BCUT2D eigenvalue weighted by Gasteiger charge is 2.44. The number of benzene rings is 1. The van der Waals surface area contributed by atoms with Gasteiger partial charge in [-0.1, -0.05) is 25.7 Å². The third-order valence-corrected chi connectivity index (χ3v) is 9.95. The van der Waals surface area contributed by atoms with Gasteiger partial charge in [-0.25, -0.2) is 4.98 Å². The van der Waals surface area contributed by atoms with E-state index in [1.54, 1.807) is 14.2 Å². The summed E-state index contributed by atoms with van der Waals surface area (Å²) in [4.78, 5) is 22.9. The van der Waals surface area contributed by atoms with Crippen LogP contribution in [0.25, 0.3) is 22.2 Å². The minimum absolute atomic E-state index is 0.0530. The van der Waals surface area contributed by atoms with E-state index in [-0.39, 0.29) is 11.8 Å². The second-order valence-corrected chi connectivity index (χ2v) is 18.3. The molecule has 1 saturated carbocycles. The lowest BCUT2D eigenvalue weighted by molar-refractivity contribution is -0.117. The third kappa shape index (κ3) is 7.11. The molecule has 10 heteroatoms. The van der Waals surface area contributed by atoms with Crippen LogP contribution in [-0.4, -0.2) is 93.9 Å². The number of amides is 1. The van der Waals surface area contributed by atoms with Crippen molar-refractivity contribution in [2.75, 3.05) is 65.9 Å². The van der Waals surface area contributed by atoms with Gasteiger partial charge in [0.25, 0.3) is 0 Å². The summed E-state index contributed by atoms with van der Waals surface area (Å²) >= 11 is 0. The van der Waals surface area contributed by atoms with Crippen molar-refractivity contribution in [2.45, 2.75) is 38.8 Å². The molecule has 2 aromatic heterocycles. The number of hydrogen-bond acceptors (Lipinski definition) is 7. The summed E-state index contributed by atoms with van der Waals surface area (Å²) in [6, 6.07) is 10.8. The van der Waals surface area contributed by atoms with Crippen molar-refractivity contribution in [3.63, 3.8) is 0 Å². The molecule has 5 rings (SSSR count). The van der Waals surface area contributed by atoms with Crippen molar-refractivity contribution < 1.29 is 19.0 Å². The van der Waals surface area contributed by atoms with E-state index < -0.39 is 8.07 Å². The number of methoxy groups -OCH3 is 2. The molecule has 1 aliphatic heterocycles. The molecule has 2 aliphatic rings. The van der Waals surface area contributed by atoms with E-state index in [2.05, 4.69) is 41.8 Å². The fraction of sp³-hybridized carbons (Fsp3) is 0.548. The van der Waals surface area contributed by atoms with E-state index in [1.807, 2.05) is 41.1 Å². The molecule has 1 saturated heterocycles. The van der Waals surface area contributed by atoms with Gasteiger partial charge in [-0.2, -0.15) is 0 Å². The van der Waals surface area contributed by atoms with Gasteiger partial charge >= 0.3 is 0 Å². The van der Waals surface area contributed by atoms with Crippen molar-refractivity contribution in [1.29, 1.82) is 0 Å². The van der Waals surface area contributed by atoms with Gasteiger partial charge in [0.2, 0.25) is 5.91 Å². The molecule has 0 radical (unpaired) electrons. The van der Waals surface area contributed by atoms with E-state index in [1.165, 1.54) is 0 Å². The molecule has 0 unspecified atom stereocenters. The predicted molar refractivity (Wildman–Crippen MR) is 167 cm³/mol. The van der Waals surface area contributed by atoms with E-state index in [4.69, 9.17) is 19.2 Å². The molecule has 0 spiro atoms. The maximum absolute atomic E-state index is 13.2. The van der Waals surface area contributed by atoms with Crippen LogP contribution in [0.1, 0.15) is 6.42 Å². The van der Waals surface area contributed by atoms with Crippen molar-refractivity contribution in [3.05, 3.63) is 36.5 Å². The van der Waals surface area contributed by atoms with Crippen LogP contribution in [0.15, 0.2) is 36.5 Å². The summed E-state index contributed by atoms with van der Waals surface area (Å²) in [6.07, 6.45) is 2.99. The summed E-state index contributed by atoms with van der Waals surface area (Å²) in [5.74, 6) is 2.55. The number of aromatic nitrogens is 2. The second kappa shape index (κ2) is 12.5. The number of piperazine rings is 1. The first-order valence-corrected chi connectivity index (χ1v) is 18.4. The minimum atomic E-state index is -1.21. The molecule has 2 atom stereocenters. The Labute approximate surface area is 244 Å². The quantitative estimate of drug-likeness (QED) is 0.243. The van der Waals surface area contributed by atoms with Crippen molar-refractivity contribution in [3.8, 4) is 22.6 Å². The molecule has 3 aromatic rings. The lowest BCUT2D eigenvalue weighted by Crippen LogP contribution is -2.45. The van der Waals surface area contributed by atoms with Gasteiger partial charge < -0.3 is 33.9 Å².